The number of aliphatic hydroxyl groups is 4. The van der Waals surface area contributed by atoms with E-state index in [0.717, 1.165) is 31.6 Å². The standard InChI is InChI=1S/C40H41F8O6S.C34H34F10O7S2.C26H22F6O7S2/c1-34(2,3)26-5-11-29(12-6-26)55(30-13-7-27(8-14-30)52-23-38(51,39(43,44)45)40(46,47)48)31-15-9-28(10-16-31)53-33(50)36-18-24-17-25(19-36)21-37(20-24,22-36)54-32(49)35(4,41)42;1-29(45,32(37,38)39)21-18-22(30(2,46)33(40,41)42)20-25(19-21)51-24-10-14-28(15-11-24)52(26-6-4-3-5-7-26)27-12-8-23(9-13-27)50-17-16-31(35,36)34(43,44)53(47,48)49;1-24(34,26(30,31)32)23(33)39-18-9-13-21(14-10-18)40(19-5-3-2-4-6-19)20-11-7-17(8-12-20)38-16-15-22(27)25(28,29)41(35,36)37/h5-16,24-25,51H,17-23H2,1-4H3;3-15,21-22,25,45-46H,16-20H2,1-2H3;2-14,22,34H,15-16H2,1H3/q+1;;. The number of carbonyl (C=O) groups is 3. The lowest BCUT2D eigenvalue weighted by Crippen LogP contribution is -2.61. The van der Waals surface area contributed by atoms with Gasteiger partial charge in [0.15, 0.2) is 81.7 Å². The predicted octanol–water partition coefficient (Wildman–Crippen LogP) is 23.1. The number of hydrogen-bond donors (Lipinski definition) is 4. The molecule has 4 N–H and O–H groups in total. The average Bonchev–Trinajstić information content (AvgIpc) is 0.710. The normalized spacial score (nSPS) is 21.2. The third-order valence-corrected chi connectivity index (χ3v) is 34.1. The van der Waals surface area contributed by atoms with Gasteiger partial charge in [0.05, 0.1) is 63.8 Å². The van der Waals surface area contributed by atoms with E-state index in [1.165, 1.54) is 84.9 Å². The lowest BCUT2D eigenvalue weighted by molar-refractivity contribution is -0.373. The van der Waals surface area contributed by atoms with Gasteiger partial charge >= 0.3 is 71.1 Å². The zero-order valence-corrected chi connectivity index (χ0v) is 83.3. The molecular weight excluding hydrogens is 2140 g/mol. The van der Waals surface area contributed by atoms with Crippen molar-refractivity contribution in [2.75, 3.05) is 19.8 Å². The maximum absolute atomic E-state index is 13.9. The first kappa shape index (κ1) is 119. The lowest BCUT2D eigenvalue weighted by atomic mass is 9.48. The quantitative estimate of drug-likeness (QED) is 0.00957. The number of halogens is 24. The summed E-state index contributed by atoms with van der Waals surface area (Å²) in [5.41, 5.74) is -16.8. The van der Waals surface area contributed by atoms with Crippen molar-refractivity contribution in [2.24, 2.45) is 29.1 Å². The second-order valence-corrected chi connectivity index (χ2v) is 46.8. The minimum atomic E-state index is -6.65. The molecule has 0 heterocycles. The topological polar surface area (TPSA) is 311 Å². The Bertz CT molecular complexity index is 6240. The van der Waals surface area contributed by atoms with Crippen molar-refractivity contribution in [3.05, 3.63) is 236 Å². The van der Waals surface area contributed by atoms with Crippen molar-refractivity contribution in [1.82, 2.24) is 0 Å². The predicted molar refractivity (Wildman–Crippen MR) is 488 cm³/mol. The molecule has 5 aliphatic rings. The van der Waals surface area contributed by atoms with E-state index in [9.17, 15) is 166 Å². The van der Waals surface area contributed by atoms with E-state index in [4.69, 9.17) is 33.2 Å². The molecule has 5 saturated carbocycles. The molecule has 11 unspecified atom stereocenters. The second-order valence-electron chi connectivity index (χ2n) is 37.9. The Morgan fingerprint density at radius 1 is 0.396 bits per heavy atom. The molecule has 0 radical (unpaired) electrons. The number of ether oxygens (including phenoxy) is 7. The van der Waals surface area contributed by atoms with Gasteiger partial charge in [-0.2, -0.15) is 101 Å². The average molecular weight is 2240 g/mol. The Labute approximate surface area is 847 Å². The van der Waals surface area contributed by atoms with Crippen LogP contribution >= 0.6 is 0 Å². The molecule has 49 heteroatoms. The summed E-state index contributed by atoms with van der Waals surface area (Å²) in [6.45, 7) is 4.09. The van der Waals surface area contributed by atoms with Crippen LogP contribution < -0.4 is 28.4 Å². The molecule has 0 aliphatic heterocycles. The van der Waals surface area contributed by atoms with Crippen molar-refractivity contribution in [3.63, 3.8) is 0 Å². The molecule has 5 fully saturated rings. The van der Waals surface area contributed by atoms with E-state index in [0.29, 0.717) is 70.9 Å². The van der Waals surface area contributed by atoms with E-state index in [1.54, 1.807) is 109 Å². The van der Waals surface area contributed by atoms with E-state index in [-0.39, 0.29) is 65.1 Å². The largest absolute Gasteiger partial charge is 0.743 e. The molecule has 4 bridgehead atoms. The Morgan fingerprint density at radius 2 is 0.738 bits per heavy atom. The van der Waals surface area contributed by atoms with Gasteiger partial charge in [0.2, 0.25) is 0 Å². The van der Waals surface area contributed by atoms with Gasteiger partial charge in [0, 0.05) is 31.6 Å². The molecule has 9 aromatic rings. The smallest absolute Gasteiger partial charge is 0.429 e. The van der Waals surface area contributed by atoms with Gasteiger partial charge in [-0.3, -0.25) is 4.79 Å². The van der Waals surface area contributed by atoms with Gasteiger partial charge in [0.25, 0.3) is 11.2 Å². The van der Waals surface area contributed by atoms with Crippen molar-refractivity contribution >= 4 is 70.8 Å². The molecule has 0 aromatic heterocycles. The second kappa shape index (κ2) is 44.4. The van der Waals surface area contributed by atoms with Crippen molar-refractivity contribution in [2.45, 2.75) is 262 Å². The maximum atomic E-state index is 13.9. The maximum Gasteiger partial charge on any atom is 0.429 e. The zero-order valence-electron chi connectivity index (χ0n) is 79.2. The fraction of sp³-hybridized carbons (Fsp3) is 0.430. The summed E-state index contributed by atoms with van der Waals surface area (Å²) >= 11 is 0. The summed E-state index contributed by atoms with van der Waals surface area (Å²) in [5.74, 6) is -16.4. The minimum absolute atomic E-state index is 0.0262. The van der Waals surface area contributed by atoms with Gasteiger partial charge in [-0.15, -0.1) is 0 Å². The number of hydrogen-bond acceptors (Lipinski definition) is 20. The summed E-state index contributed by atoms with van der Waals surface area (Å²) in [6.07, 6.45) is -33.9. The van der Waals surface area contributed by atoms with Crippen molar-refractivity contribution < 1.29 is 199 Å². The lowest BCUT2D eigenvalue weighted by Gasteiger charge is -2.59. The van der Waals surface area contributed by atoms with Crippen LogP contribution in [0.1, 0.15) is 125 Å². The highest BCUT2D eigenvalue weighted by molar-refractivity contribution is 7.97. The summed E-state index contributed by atoms with van der Waals surface area (Å²) in [5, 5.41) is 28.8. The molecule has 0 saturated heterocycles. The van der Waals surface area contributed by atoms with Crippen LogP contribution in [0.25, 0.3) is 0 Å². The van der Waals surface area contributed by atoms with Crippen LogP contribution in [-0.4, -0.2) is 178 Å². The molecule has 20 nitrogen and oxygen atoms in total. The molecule has 11 atom stereocenters. The monoisotopic (exact) mass is 2230 g/mol. The molecule has 149 heavy (non-hydrogen) atoms. The van der Waals surface area contributed by atoms with Crippen molar-refractivity contribution in [1.29, 1.82) is 0 Å². The third-order valence-electron chi connectivity index (χ3n) is 25.6. The van der Waals surface area contributed by atoms with Gasteiger partial charge in [-0.05, 0) is 277 Å². The number of benzene rings is 9. The summed E-state index contributed by atoms with van der Waals surface area (Å²) in [6, 6.07) is 61.5. The number of carbonyl (C=O) groups excluding carboxylic acids is 3. The highest BCUT2D eigenvalue weighted by atomic mass is 32.2. The van der Waals surface area contributed by atoms with Crippen molar-refractivity contribution in [3.8, 4) is 34.5 Å². The van der Waals surface area contributed by atoms with Crippen LogP contribution in [0, 0.1) is 29.1 Å². The number of rotatable bonds is 34. The first-order chi connectivity index (χ1) is 68.5. The van der Waals surface area contributed by atoms with Crippen LogP contribution in [0.3, 0.4) is 0 Å². The SMILES string of the molecule is CC(F)(F)C(=O)OC12CC3CC(C1)CC(C(=O)Oc1ccc([S+](c4ccc(OCC(O)(C(F)(F)F)C(F)(F)F)cc4)c4ccc(C(C)(C)C)cc4)cc1)(C3)C2.CC(O)(C(=O)Oc1ccc([S+](c2ccccc2)c2ccc(OCCC(F)C(F)(F)S(=O)(=O)[O-])cc2)cc1)C(F)(F)F.CC(O)(C1CC(Oc2ccc([S+](c3ccccc3)c3ccc(OCCC(F)(F)C(F)(F)S(=O)(=O)[O-])cc3)cc2)CC(C(C)(O)C(F)(F)F)C1)C(F)(F)F. The van der Waals surface area contributed by atoms with Gasteiger partial charge < -0.3 is 62.7 Å². The molecule has 814 valence electrons. The highest BCUT2D eigenvalue weighted by Gasteiger charge is 2.72. The van der Waals surface area contributed by atoms with Crippen LogP contribution in [0.2, 0.25) is 0 Å². The third kappa shape index (κ3) is 27.5. The Balaban J connectivity index is 0.000000215. The summed E-state index contributed by atoms with van der Waals surface area (Å²) in [4.78, 5) is 44.4. The van der Waals surface area contributed by atoms with E-state index in [1.807, 2.05) is 36.4 Å². The van der Waals surface area contributed by atoms with Gasteiger partial charge in [-0.25, -0.2) is 30.8 Å². The van der Waals surface area contributed by atoms with E-state index >= 15 is 0 Å². The Kier molecular flexibility index (Phi) is 35.4. The van der Waals surface area contributed by atoms with Crippen LogP contribution in [-0.2, 0) is 77.5 Å². The van der Waals surface area contributed by atoms with Crippen LogP contribution in [0.15, 0.2) is 275 Å². The van der Waals surface area contributed by atoms with Crippen LogP contribution in [0.5, 0.6) is 34.5 Å². The molecule has 14 rings (SSSR count). The molecule has 0 spiro atoms. The van der Waals surface area contributed by atoms with E-state index < -0.39 is 234 Å². The Morgan fingerprint density at radius 3 is 1.08 bits per heavy atom. The fourth-order valence-electron chi connectivity index (χ4n) is 17.4. The molecule has 5 aliphatic carbocycles. The molecule has 9 aromatic carbocycles. The summed E-state index contributed by atoms with van der Waals surface area (Å²) in [7, 11) is -15.4. The van der Waals surface area contributed by atoms with Gasteiger partial charge in [-0.1, -0.05) is 69.3 Å². The Hall–Kier alpha value is -10.4. The highest BCUT2D eigenvalue weighted by Crippen LogP contribution is 2.64. The number of esters is 3. The zero-order chi connectivity index (χ0) is 111. The summed E-state index contributed by atoms with van der Waals surface area (Å²) < 4.78 is 423. The van der Waals surface area contributed by atoms with Crippen LogP contribution in [0.4, 0.5) is 105 Å². The fourth-order valence-corrected chi connectivity index (χ4v) is 24.5. The van der Waals surface area contributed by atoms with E-state index in [2.05, 4.69) is 20.8 Å². The minimum Gasteiger partial charge on any atom is -0.743 e. The number of alkyl halides is 24. The molecule has 0 amide bonds. The molecular formula is C100H97F24O20S5+. The first-order valence-corrected chi connectivity index (χ1v) is 51.5. The van der Waals surface area contributed by atoms with Gasteiger partial charge in [0.1, 0.15) is 46.7 Å². The first-order valence-electron chi connectivity index (χ1n) is 45.0.